The van der Waals surface area contributed by atoms with Gasteiger partial charge in [-0.3, -0.25) is 0 Å². The third kappa shape index (κ3) is 2.66. The van der Waals surface area contributed by atoms with Crippen LogP contribution in [-0.4, -0.2) is 42.1 Å². The molecule has 112 valence electrons. The van der Waals surface area contributed by atoms with E-state index in [4.69, 9.17) is 4.98 Å². The first-order valence-corrected chi connectivity index (χ1v) is 8.72. The second-order valence-electron chi connectivity index (χ2n) is 6.63. The topological polar surface area (TPSA) is 28.2 Å². The summed E-state index contributed by atoms with van der Waals surface area (Å²) in [5.74, 6) is 0.818. The molecule has 2 saturated heterocycles. The molecule has 1 N–H and O–H groups in total. The molecule has 3 nitrogen and oxygen atoms in total. The zero-order valence-electron chi connectivity index (χ0n) is 13.1. The summed E-state index contributed by atoms with van der Waals surface area (Å²) in [6.45, 7) is 4.31. The number of nitrogens with zero attached hydrogens (tertiary/aromatic N) is 2. The lowest BCUT2D eigenvalue weighted by molar-refractivity contribution is 0.114. The van der Waals surface area contributed by atoms with Crippen molar-refractivity contribution >= 4 is 11.3 Å². The van der Waals surface area contributed by atoms with Gasteiger partial charge in [-0.15, -0.1) is 11.3 Å². The van der Waals surface area contributed by atoms with Crippen LogP contribution >= 0.6 is 11.3 Å². The van der Waals surface area contributed by atoms with Gasteiger partial charge in [-0.1, -0.05) is 0 Å². The molecule has 3 rings (SSSR count). The molecule has 2 bridgehead atoms. The van der Waals surface area contributed by atoms with Gasteiger partial charge in [-0.25, -0.2) is 4.98 Å². The minimum absolute atomic E-state index is 0.594. The lowest BCUT2D eigenvalue weighted by Gasteiger charge is -2.39. The molecule has 1 aromatic heterocycles. The van der Waals surface area contributed by atoms with Crippen LogP contribution in [0.4, 0.5) is 0 Å². The molecule has 3 atom stereocenters. The van der Waals surface area contributed by atoms with Crippen LogP contribution in [-0.2, 0) is 6.42 Å². The molecule has 1 aromatic rings. The molecular weight excluding hydrogens is 266 g/mol. The van der Waals surface area contributed by atoms with E-state index in [9.17, 15) is 0 Å². The highest BCUT2D eigenvalue weighted by Crippen LogP contribution is 2.39. The number of piperidine rings is 1. The number of hydrogen-bond donors (Lipinski definition) is 1. The van der Waals surface area contributed by atoms with Gasteiger partial charge in [0.25, 0.3) is 0 Å². The lowest BCUT2D eigenvalue weighted by atomic mass is 9.84. The third-order valence-electron chi connectivity index (χ3n) is 5.54. The maximum atomic E-state index is 4.73. The first-order chi connectivity index (χ1) is 9.58. The van der Waals surface area contributed by atoms with E-state index in [1.165, 1.54) is 41.3 Å². The van der Waals surface area contributed by atoms with E-state index in [1.54, 1.807) is 0 Å². The molecular formula is C16H27N3S. The Morgan fingerprint density at radius 3 is 2.45 bits per heavy atom. The molecule has 2 aliphatic rings. The van der Waals surface area contributed by atoms with Crippen molar-refractivity contribution < 1.29 is 0 Å². The van der Waals surface area contributed by atoms with Crippen LogP contribution in [0.25, 0.3) is 0 Å². The Bertz CT molecular complexity index is 437. The molecule has 4 heteroatoms. The van der Waals surface area contributed by atoms with E-state index in [-0.39, 0.29) is 0 Å². The molecule has 0 radical (unpaired) electrons. The third-order valence-corrected chi connectivity index (χ3v) is 6.64. The van der Waals surface area contributed by atoms with Gasteiger partial charge in [0.05, 0.1) is 10.7 Å². The van der Waals surface area contributed by atoms with Crippen molar-refractivity contribution in [2.45, 2.75) is 64.1 Å². The summed E-state index contributed by atoms with van der Waals surface area (Å²) >= 11 is 1.88. The number of nitrogens with one attached hydrogen (secondary N) is 1. The smallest absolute Gasteiger partial charge is 0.0946 e. The highest BCUT2D eigenvalue weighted by molar-refractivity contribution is 7.11. The Labute approximate surface area is 126 Å². The molecule has 20 heavy (non-hydrogen) atoms. The normalized spacial score (nSPS) is 31.7. The van der Waals surface area contributed by atoms with Gasteiger partial charge < -0.3 is 10.2 Å². The van der Waals surface area contributed by atoms with Crippen molar-refractivity contribution in [3.63, 3.8) is 0 Å². The summed E-state index contributed by atoms with van der Waals surface area (Å²) in [6.07, 6.45) is 6.64. The standard InChI is InChI=1S/C16H27N3S/c1-10-11(2)20-16(18-10)9-15(17-3)12-7-13-5-6-14(8-12)19(13)4/h12-15,17H,5-9H2,1-4H3. The maximum Gasteiger partial charge on any atom is 0.0946 e. The average molecular weight is 293 g/mol. The Hall–Kier alpha value is -0.450. The molecule has 0 aliphatic carbocycles. The van der Waals surface area contributed by atoms with Crippen molar-refractivity contribution in [3.8, 4) is 0 Å². The predicted molar refractivity (Wildman–Crippen MR) is 85.4 cm³/mol. The molecule has 3 heterocycles. The zero-order valence-corrected chi connectivity index (χ0v) is 14.0. The zero-order chi connectivity index (χ0) is 14.3. The van der Waals surface area contributed by atoms with E-state index < -0.39 is 0 Å². The number of aryl methyl sites for hydroxylation is 2. The number of rotatable bonds is 4. The SMILES string of the molecule is CNC(Cc1nc(C)c(C)s1)C1CC2CCC(C1)N2C. The first-order valence-electron chi connectivity index (χ1n) is 7.90. The van der Waals surface area contributed by atoms with Gasteiger partial charge in [0.1, 0.15) is 0 Å². The van der Waals surface area contributed by atoms with Crippen molar-refractivity contribution in [2.75, 3.05) is 14.1 Å². The number of likely N-dealkylation sites (N-methyl/N-ethyl adjacent to an activating group) is 1. The molecule has 2 fully saturated rings. The van der Waals surface area contributed by atoms with Gasteiger partial charge in [0.2, 0.25) is 0 Å². The highest BCUT2D eigenvalue weighted by Gasteiger charge is 2.40. The first kappa shape index (κ1) is 14.5. The summed E-state index contributed by atoms with van der Waals surface area (Å²) in [5, 5.41) is 4.89. The highest BCUT2D eigenvalue weighted by atomic mass is 32.1. The minimum atomic E-state index is 0.594. The molecule has 0 aromatic carbocycles. The van der Waals surface area contributed by atoms with Crippen molar-refractivity contribution in [1.82, 2.24) is 15.2 Å². The van der Waals surface area contributed by atoms with E-state index in [2.05, 4.69) is 38.2 Å². The summed E-state index contributed by atoms with van der Waals surface area (Å²) in [4.78, 5) is 8.73. The van der Waals surface area contributed by atoms with Gasteiger partial charge in [0, 0.05) is 29.4 Å². The van der Waals surface area contributed by atoms with Crippen molar-refractivity contribution in [3.05, 3.63) is 15.6 Å². The van der Waals surface area contributed by atoms with Crippen LogP contribution in [0.1, 0.15) is 41.3 Å². The Balaban J connectivity index is 1.68. The summed E-state index contributed by atoms with van der Waals surface area (Å²) in [7, 11) is 4.44. The van der Waals surface area contributed by atoms with Crippen molar-refractivity contribution in [1.29, 1.82) is 0 Å². The maximum absolute atomic E-state index is 4.73. The second kappa shape index (κ2) is 5.74. The fourth-order valence-corrected chi connectivity index (χ4v) is 5.09. The summed E-state index contributed by atoms with van der Waals surface area (Å²) < 4.78 is 0. The van der Waals surface area contributed by atoms with Crippen LogP contribution in [0.3, 0.4) is 0 Å². The minimum Gasteiger partial charge on any atom is -0.316 e. The van der Waals surface area contributed by atoms with Gasteiger partial charge in [-0.2, -0.15) is 0 Å². The number of fused-ring (bicyclic) bond motifs is 2. The monoisotopic (exact) mass is 293 g/mol. The molecule has 2 aliphatic heterocycles. The van der Waals surface area contributed by atoms with Gasteiger partial charge in [0.15, 0.2) is 0 Å². The number of aromatic nitrogens is 1. The van der Waals surface area contributed by atoms with Crippen LogP contribution in [0.2, 0.25) is 0 Å². The number of thiazole rings is 1. The van der Waals surface area contributed by atoms with Crippen molar-refractivity contribution in [2.24, 2.45) is 5.92 Å². The van der Waals surface area contributed by atoms with Gasteiger partial charge in [-0.05, 0) is 59.5 Å². The largest absolute Gasteiger partial charge is 0.316 e. The Morgan fingerprint density at radius 1 is 1.30 bits per heavy atom. The fraction of sp³-hybridized carbons (Fsp3) is 0.812. The fourth-order valence-electron chi connectivity index (χ4n) is 4.10. The molecule has 3 unspecified atom stereocenters. The number of hydrogen-bond acceptors (Lipinski definition) is 4. The quantitative estimate of drug-likeness (QED) is 0.925. The molecule has 0 saturated carbocycles. The summed E-state index contributed by atoms with van der Waals surface area (Å²) in [6, 6.07) is 2.25. The van der Waals surface area contributed by atoms with E-state index in [0.717, 1.165) is 24.4 Å². The van der Waals surface area contributed by atoms with E-state index >= 15 is 0 Å². The predicted octanol–water partition coefficient (Wildman–Crippen LogP) is 2.76. The Kier molecular flexibility index (Phi) is 4.16. The average Bonchev–Trinajstić information content (AvgIpc) is 2.83. The second-order valence-corrected chi connectivity index (χ2v) is 7.92. The van der Waals surface area contributed by atoms with Crippen LogP contribution in [0.15, 0.2) is 0 Å². The van der Waals surface area contributed by atoms with Gasteiger partial charge >= 0.3 is 0 Å². The van der Waals surface area contributed by atoms with E-state index in [1.807, 2.05) is 11.3 Å². The van der Waals surface area contributed by atoms with E-state index in [0.29, 0.717) is 6.04 Å². The van der Waals surface area contributed by atoms with Crippen LogP contribution < -0.4 is 5.32 Å². The molecule has 0 amide bonds. The Morgan fingerprint density at radius 2 is 1.95 bits per heavy atom. The van der Waals surface area contributed by atoms with Crippen LogP contribution in [0.5, 0.6) is 0 Å². The lowest BCUT2D eigenvalue weighted by Crippen LogP contribution is -2.47. The molecule has 0 spiro atoms. The summed E-state index contributed by atoms with van der Waals surface area (Å²) in [5.41, 5.74) is 1.21. The van der Waals surface area contributed by atoms with Crippen LogP contribution in [0, 0.1) is 19.8 Å².